The first-order valence-corrected chi connectivity index (χ1v) is 3.64. The fourth-order valence-electron chi connectivity index (χ4n) is 0.903. The van der Waals surface area contributed by atoms with Gasteiger partial charge in [-0.1, -0.05) is 0 Å². The quantitative estimate of drug-likeness (QED) is 0.760. The normalized spacial score (nSPS) is 10.8. The lowest BCUT2D eigenvalue weighted by atomic mass is 10.2. The third-order valence-corrected chi connectivity index (χ3v) is 1.54. The Labute approximate surface area is 82.1 Å². The van der Waals surface area contributed by atoms with Crippen LogP contribution in [0, 0.1) is 11.3 Å². The summed E-state index contributed by atoms with van der Waals surface area (Å²) in [5.41, 5.74) is 2.19. The Morgan fingerprint density at radius 2 is 2.07 bits per heavy atom. The molecule has 0 spiro atoms. The van der Waals surface area contributed by atoms with Crippen molar-refractivity contribution in [3.63, 3.8) is 0 Å². The summed E-state index contributed by atoms with van der Waals surface area (Å²) in [5, 5.41) is 8.41. The Bertz CT molecular complexity index is 447. The fourth-order valence-corrected chi connectivity index (χ4v) is 0.903. The first-order valence-electron chi connectivity index (χ1n) is 3.64. The van der Waals surface area contributed by atoms with Gasteiger partial charge in [-0.25, -0.2) is 4.98 Å². The summed E-state index contributed by atoms with van der Waals surface area (Å²) in [6.07, 6.45) is -4.78. The van der Waals surface area contributed by atoms with Gasteiger partial charge in [-0.15, -0.1) is 0 Å². The predicted octanol–water partition coefficient (Wildman–Crippen LogP) is 1.07. The summed E-state index contributed by atoms with van der Waals surface area (Å²) < 4.78 is 36.9. The maximum atomic E-state index is 12.3. The summed E-state index contributed by atoms with van der Waals surface area (Å²) >= 11 is 0. The van der Waals surface area contributed by atoms with Gasteiger partial charge in [-0.05, 0) is 12.1 Å². The third-order valence-electron chi connectivity index (χ3n) is 1.54. The molecule has 1 aromatic rings. The highest BCUT2D eigenvalue weighted by atomic mass is 19.4. The molecule has 0 unspecified atom stereocenters. The molecule has 0 aliphatic heterocycles. The number of nitriles is 1. The standard InChI is InChI=1S/C8H4F3N3O/c9-8(10,11)6-4(3-12)1-2-5(14-6)7(13)15/h1-2H,(H2,13,15). The lowest BCUT2D eigenvalue weighted by Crippen LogP contribution is -2.18. The summed E-state index contributed by atoms with van der Waals surface area (Å²) in [4.78, 5) is 13.6. The Morgan fingerprint density at radius 3 is 2.47 bits per heavy atom. The van der Waals surface area contributed by atoms with Crippen LogP contribution in [0.2, 0.25) is 0 Å². The number of aromatic nitrogens is 1. The molecular formula is C8H4F3N3O. The van der Waals surface area contributed by atoms with Crippen molar-refractivity contribution >= 4 is 5.91 Å². The van der Waals surface area contributed by atoms with E-state index in [1.807, 2.05) is 0 Å². The number of amides is 1. The lowest BCUT2D eigenvalue weighted by molar-refractivity contribution is -0.141. The highest BCUT2D eigenvalue weighted by molar-refractivity contribution is 5.90. The van der Waals surface area contributed by atoms with E-state index in [4.69, 9.17) is 11.0 Å². The number of nitrogens with two attached hydrogens (primary N) is 1. The lowest BCUT2D eigenvalue weighted by Gasteiger charge is -2.07. The van der Waals surface area contributed by atoms with Crippen molar-refractivity contribution in [1.29, 1.82) is 5.26 Å². The fraction of sp³-hybridized carbons (Fsp3) is 0.125. The minimum atomic E-state index is -4.78. The zero-order valence-electron chi connectivity index (χ0n) is 7.17. The van der Waals surface area contributed by atoms with Gasteiger partial charge in [0.2, 0.25) is 0 Å². The number of primary amides is 1. The number of carbonyl (C=O) groups is 1. The van der Waals surface area contributed by atoms with E-state index in [-0.39, 0.29) is 0 Å². The van der Waals surface area contributed by atoms with Crippen LogP contribution in [0.4, 0.5) is 13.2 Å². The molecule has 78 valence electrons. The number of hydrogen-bond donors (Lipinski definition) is 1. The van der Waals surface area contributed by atoms with Gasteiger partial charge < -0.3 is 5.73 Å². The number of alkyl halides is 3. The van der Waals surface area contributed by atoms with E-state index in [9.17, 15) is 18.0 Å². The van der Waals surface area contributed by atoms with Crippen LogP contribution >= 0.6 is 0 Å². The number of nitrogens with zero attached hydrogens (tertiary/aromatic N) is 2. The summed E-state index contributed by atoms with van der Waals surface area (Å²) in [6.45, 7) is 0. The van der Waals surface area contributed by atoms with Gasteiger partial charge in [0, 0.05) is 0 Å². The molecule has 0 aliphatic rings. The predicted molar refractivity (Wildman–Crippen MR) is 42.5 cm³/mol. The second-order valence-electron chi connectivity index (χ2n) is 2.57. The zero-order valence-corrected chi connectivity index (χ0v) is 7.17. The van der Waals surface area contributed by atoms with Crippen molar-refractivity contribution in [1.82, 2.24) is 4.98 Å². The van der Waals surface area contributed by atoms with Crippen LogP contribution in [0.25, 0.3) is 0 Å². The Kier molecular flexibility index (Phi) is 2.61. The topological polar surface area (TPSA) is 79.8 Å². The summed E-state index contributed by atoms with van der Waals surface area (Å²) in [7, 11) is 0. The van der Waals surface area contributed by atoms with Crippen molar-refractivity contribution < 1.29 is 18.0 Å². The molecule has 15 heavy (non-hydrogen) atoms. The van der Waals surface area contributed by atoms with E-state index in [0.717, 1.165) is 12.1 Å². The molecule has 2 N–H and O–H groups in total. The highest BCUT2D eigenvalue weighted by Crippen LogP contribution is 2.30. The minimum Gasteiger partial charge on any atom is -0.364 e. The molecule has 0 fully saturated rings. The SMILES string of the molecule is N#Cc1ccc(C(N)=O)nc1C(F)(F)F. The van der Waals surface area contributed by atoms with Crippen molar-refractivity contribution in [3.05, 3.63) is 29.1 Å². The average molecular weight is 215 g/mol. The van der Waals surface area contributed by atoms with Gasteiger partial charge >= 0.3 is 6.18 Å². The van der Waals surface area contributed by atoms with Crippen molar-refractivity contribution in [3.8, 4) is 6.07 Å². The first-order chi connectivity index (χ1) is 6.86. The minimum absolute atomic E-state index is 0.527. The second-order valence-corrected chi connectivity index (χ2v) is 2.57. The maximum Gasteiger partial charge on any atom is 0.434 e. The van der Waals surface area contributed by atoms with Gasteiger partial charge in [0.15, 0.2) is 5.69 Å². The molecular weight excluding hydrogens is 211 g/mol. The molecule has 1 aromatic heterocycles. The molecule has 1 heterocycles. The van der Waals surface area contributed by atoms with E-state index >= 15 is 0 Å². The number of carbonyl (C=O) groups excluding carboxylic acids is 1. The molecule has 0 aliphatic carbocycles. The molecule has 0 radical (unpaired) electrons. The number of halogens is 3. The molecule has 1 amide bonds. The maximum absolute atomic E-state index is 12.3. The van der Waals surface area contributed by atoms with E-state index < -0.39 is 29.0 Å². The van der Waals surface area contributed by atoms with Crippen molar-refractivity contribution in [2.45, 2.75) is 6.18 Å². The van der Waals surface area contributed by atoms with Crippen molar-refractivity contribution in [2.24, 2.45) is 5.73 Å². The Morgan fingerprint density at radius 1 is 1.47 bits per heavy atom. The van der Waals surface area contributed by atoms with E-state index in [1.165, 1.54) is 6.07 Å². The number of hydrogen-bond acceptors (Lipinski definition) is 3. The smallest absolute Gasteiger partial charge is 0.364 e. The number of pyridine rings is 1. The van der Waals surface area contributed by atoms with Gasteiger partial charge in [0.1, 0.15) is 11.8 Å². The molecule has 0 saturated carbocycles. The van der Waals surface area contributed by atoms with Crippen LogP contribution in [0.15, 0.2) is 12.1 Å². The average Bonchev–Trinajstić information content (AvgIpc) is 2.15. The number of rotatable bonds is 1. The highest BCUT2D eigenvalue weighted by Gasteiger charge is 2.36. The summed E-state index contributed by atoms with van der Waals surface area (Å²) in [5.74, 6) is -1.08. The van der Waals surface area contributed by atoms with Crippen LogP contribution in [0.3, 0.4) is 0 Å². The van der Waals surface area contributed by atoms with E-state index in [1.54, 1.807) is 0 Å². The zero-order chi connectivity index (χ0) is 11.6. The monoisotopic (exact) mass is 215 g/mol. The molecule has 0 atom stereocenters. The molecule has 4 nitrogen and oxygen atoms in total. The Balaban J connectivity index is 3.40. The van der Waals surface area contributed by atoms with E-state index in [0.29, 0.717) is 0 Å². The Hall–Kier alpha value is -2.10. The van der Waals surface area contributed by atoms with Crippen LogP contribution in [0.5, 0.6) is 0 Å². The van der Waals surface area contributed by atoms with Crippen LogP contribution < -0.4 is 5.73 Å². The van der Waals surface area contributed by atoms with Gasteiger partial charge in [0.25, 0.3) is 5.91 Å². The molecule has 7 heteroatoms. The van der Waals surface area contributed by atoms with Crippen LogP contribution in [0.1, 0.15) is 21.7 Å². The second kappa shape index (κ2) is 3.57. The molecule has 0 saturated heterocycles. The third kappa shape index (κ3) is 2.22. The first kappa shape index (κ1) is 11.0. The largest absolute Gasteiger partial charge is 0.434 e. The molecule has 0 bridgehead atoms. The molecule has 1 rings (SSSR count). The van der Waals surface area contributed by atoms with Crippen molar-refractivity contribution in [2.75, 3.05) is 0 Å². The van der Waals surface area contributed by atoms with Crippen LogP contribution in [-0.2, 0) is 6.18 Å². The van der Waals surface area contributed by atoms with E-state index in [2.05, 4.69) is 4.98 Å². The van der Waals surface area contributed by atoms with Gasteiger partial charge in [0.05, 0.1) is 5.56 Å². The summed E-state index contributed by atoms with van der Waals surface area (Å²) in [6, 6.07) is 3.16. The van der Waals surface area contributed by atoms with Gasteiger partial charge in [-0.3, -0.25) is 4.79 Å². The van der Waals surface area contributed by atoms with Crippen LogP contribution in [-0.4, -0.2) is 10.9 Å². The van der Waals surface area contributed by atoms with Gasteiger partial charge in [-0.2, -0.15) is 18.4 Å². The molecule has 0 aromatic carbocycles.